The van der Waals surface area contributed by atoms with Gasteiger partial charge in [0.2, 0.25) is 5.91 Å². The van der Waals surface area contributed by atoms with Crippen LogP contribution in [0.15, 0.2) is 66.9 Å². The highest BCUT2D eigenvalue weighted by Crippen LogP contribution is 2.30. The molecule has 2 aromatic carbocycles. The molecule has 1 aromatic heterocycles. The molecule has 172 valence electrons. The van der Waals surface area contributed by atoms with Gasteiger partial charge in [0.25, 0.3) is 11.8 Å². The average Bonchev–Trinajstić information content (AvgIpc) is 2.88. The number of anilines is 4. The van der Waals surface area contributed by atoms with E-state index < -0.39 is 0 Å². The molecule has 8 heteroatoms. The molecule has 1 fully saturated rings. The highest BCUT2D eigenvalue weighted by atomic mass is 16.2. The van der Waals surface area contributed by atoms with Crippen molar-refractivity contribution in [3.63, 3.8) is 0 Å². The summed E-state index contributed by atoms with van der Waals surface area (Å²) < 4.78 is 0. The van der Waals surface area contributed by atoms with Crippen molar-refractivity contribution in [1.82, 2.24) is 4.98 Å². The Hall–Kier alpha value is -4.20. The van der Waals surface area contributed by atoms with E-state index in [1.54, 1.807) is 54.7 Å². The van der Waals surface area contributed by atoms with Crippen LogP contribution in [0, 0.1) is 0 Å². The Labute approximate surface area is 197 Å². The van der Waals surface area contributed by atoms with Crippen molar-refractivity contribution in [2.75, 3.05) is 40.1 Å². The monoisotopic (exact) mass is 455 g/mol. The van der Waals surface area contributed by atoms with Crippen LogP contribution in [-0.2, 0) is 4.79 Å². The van der Waals surface area contributed by atoms with Gasteiger partial charge in [-0.05, 0) is 67.8 Å². The molecule has 3 amide bonds. The highest BCUT2D eigenvalue weighted by molar-refractivity contribution is 6.15. The van der Waals surface area contributed by atoms with E-state index in [2.05, 4.69) is 20.5 Å². The van der Waals surface area contributed by atoms with Crippen molar-refractivity contribution in [1.29, 1.82) is 0 Å². The summed E-state index contributed by atoms with van der Waals surface area (Å²) in [5.74, 6) is -0.0559. The standard InChI is InChI=1S/C26H25N5O3/c32-23-17-31(22-9-3-2-8-21(22)29-23)26(34)18-10-12-19(13-11-18)28-25(33)20-7-6-14-27-24(20)30-15-4-1-5-16-30/h2-3,6-14H,1,4-5,15-17H2,(H,28,33)(H,29,32). The SMILES string of the molecule is O=C1CN(C(=O)c2ccc(NC(=O)c3cccnc3N3CCCCC3)cc2)c2ccccc2N1. The molecule has 0 radical (unpaired) electrons. The van der Waals surface area contributed by atoms with Crippen LogP contribution in [0.5, 0.6) is 0 Å². The first-order valence-corrected chi connectivity index (χ1v) is 11.4. The lowest BCUT2D eigenvalue weighted by molar-refractivity contribution is -0.115. The van der Waals surface area contributed by atoms with Crippen LogP contribution in [0.25, 0.3) is 0 Å². The molecule has 5 rings (SSSR count). The van der Waals surface area contributed by atoms with E-state index in [1.807, 2.05) is 12.1 Å². The number of rotatable bonds is 4. The van der Waals surface area contributed by atoms with Crippen molar-refractivity contribution in [2.24, 2.45) is 0 Å². The van der Waals surface area contributed by atoms with Gasteiger partial charge in [-0.2, -0.15) is 0 Å². The minimum atomic E-state index is -0.278. The fourth-order valence-electron chi connectivity index (χ4n) is 4.40. The smallest absolute Gasteiger partial charge is 0.259 e. The number of para-hydroxylation sites is 2. The third kappa shape index (κ3) is 4.34. The lowest BCUT2D eigenvalue weighted by atomic mass is 10.1. The molecule has 0 unspecified atom stereocenters. The van der Waals surface area contributed by atoms with E-state index >= 15 is 0 Å². The Morgan fingerprint density at radius 1 is 0.912 bits per heavy atom. The lowest BCUT2D eigenvalue weighted by Crippen LogP contribution is -2.42. The maximum atomic E-state index is 13.1. The third-order valence-electron chi connectivity index (χ3n) is 6.09. The topological polar surface area (TPSA) is 94.6 Å². The Balaban J connectivity index is 1.32. The number of carbonyl (C=O) groups excluding carboxylic acids is 3. The summed E-state index contributed by atoms with van der Waals surface area (Å²) in [6, 6.07) is 17.4. The summed E-state index contributed by atoms with van der Waals surface area (Å²) in [7, 11) is 0. The molecule has 1 saturated heterocycles. The molecule has 0 aliphatic carbocycles. The zero-order valence-corrected chi connectivity index (χ0v) is 18.7. The second-order valence-electron chi connectivity index (χ2n) is 8.41. The third-order valence-corrected chi connectivity index (χ3v) is 6.09. The van der Waals surface area contributed by atoms with Crippen LogP contribution in [0.4, 0.5) is 22.9 Å². The maximum Gasteiger partial charge on any atom is 0.259 e. The van der Waals surface area contributed by atoms with Gasteiger partial charge < -0.3 is 15.5 Å². The van der Waals surface area contributed by atoms with Crippen LogP contribution < -0.4 is 20.4 Å². The number of nitrogens with one attached hydrogen (secondary N) is 2. The Kier molecular flexibility index (Phi) is 5.95. The number of hydrogen-bond acceptors (Lipinski definition) is 5. The predicted molar refractivity (Wildman–Crippen MR) is 131 cm³/mol. The van der Waals surface area contributed by atoms with Crippen LogP contribution in [-0.4, -0.2) is 42.3 Å². The van der Waals surface area contributed by atoms with Gasteiger partial charge >= 0.3 is 0 Å². The first kappa shape index (κ1) is 21.6. The molecule has 3 heterocycles. The van der Waals surface area contributed by atoms with Crippen molar-refractivity contribution in [3.8, 4) is 0 Å². The number of pyridine rings is 1. The van der Waals surface area contributed by atoms with E-state index in [1.165, 1.54) is 11.3 Å². The molecule has 0 atom stereocenters. The molecule has 0 spiro atoms. The minimum absolute atomic E-state index is 0.0470. The van der Waals surface area contributed by atoms with Gasteiger partial charge in [-0.15, -0.1) is 0 Å². The lowest BCUT2D eigenvalue weighted by Gasteiger charge is -2.29. The van der Waals surface area contributed by atoms with E-state index in [9.17, 15) is 14.4 Å². The molecule has 0 saturated carbocycles. The number of amides is 3. The zero-order chi connectivity index (χ0) is 23.5. The van der Waals surface area contributed by atoms with E-state index in [0.29, 0.717) is 34.0 Å². The first-order valence-electron chi connectivity index (χ1n) is 11.4. The van der Waals surface area contributed by atoms with Crippen molar-refractivity contribution < 1.29 is 14.4 Å². The fourth-order valence-corrected chi connectivity index (χ4v) is 4.40. The molecule has 0 bridgehead atoms. The Morgan fingerprint density at radius 3 is 2.47 bits per heavy atom. The quantitative estimate of drug-likeness (QED) is 0.622. The molecule has 2 N–H and O–H groups in total. The second-order valence-corrected chi connectivity index (χ2v) is 8.41. The Morgan fingerprint density at radius 2 is 1.68 bits per heavy atom. The summed E-state index contributed by atoms with van der Waals surface area (Å²) in [5, 5.41) is 5.69. The largest absolute Gasteiger partial charge is 0.356 e. The van der Waals surface area contributed by atoms with E-state index in [4.69, 9.17) is 0 Å². The zero-order valence-electron chi connectivity index (χ0n) is 18.7. The molecular weight excluding hydrogens is 430 g/mol. The summed E-state index contributed by atoms with van der Waals surface area (Å²) in [6.07, 6.45) is 5.09. The van der Waals surface area contributed by atoms with Crippen LogP contribution >= 0.6 is 0 Å². The number of aromatic nitrogens is 1. The van der Waals surface area contributed by atoms with Gasteiger partial charge in [0.15, 0.2) is 0 Å². The van der Waals surface area contributed by atoms with Crippen molar-refractivity contribution in [2.45, 2.75) is 19.3 Å². The molecule has 2 aliphatic heterocycles. The predicted octanol–water partition coefficient (Wildman–Crippen LogP) is 3.92. The molecule has 34 heavy (non-hydrogen) atoms. The second kappa shape index (κ2) is 9.35. The van der Waals surface area contributed by atoms with Gasteiger partial charge in [-0.1, -0.05) is 12.1 Å². The van der Waals surface area contributed by atoms with Crippen LogP contribution in [0.1, 0.15) is 40.0 Å². The summed E-state index contributed by atoms with van der Waals surface area (Å²) >= 11 is 0. The minimum Gasteiger partial charge on any atom is -0.356 e. The average molecular weight is 456 g/mol. The number of piperidine rings is 1. The number of fused-ring (bicyclic) bond motifs is 1. The van der Waals surface area contributed by atoms with Gasteiger partial charge in [-0.3, -0.25) is 19.3 Å². The van der Waals surface area contributed by atoms with Crippen molar-refractivity contribution in [3.05, 3.63) is 78.0 Å². The fraction of sp³-hybridized carbons (Fsp3) is 0.231. The van der Waals surface area contributed by atoms with E-state index in [0.717, 1.165) is 25.9 Å². The summed E-state index contributed by atoms with van der Waals surface area (Å²) in [4.78, 5) is 46.3. The highest BCUT2D eigenvalue weighted by Gasteiger charge is 2.27. The number of benzene rings is 2. The molecule has 2 aliphatic rings. The number of carbonyl (C=O) groups is 3. The Bertz CT molecular complexity index is 1240. The van der Waals surface area contributed by atoms with Gasteiger partial charge in [0.05, 0.1) is 16.9 Å². The number of hydrogen-bond donors (Lipinski definition) is 2. The van der Waals surface area contributed by atoms with Crippen LogP contribution in [0.3, 0.4) is 0 Å². The maximum absolute atomic E-state index is 13.1. The molecule has 3 aromatic rings. The summed E-state index contributed by atoms with van der Waals surface area (Å²) in [5.41, 5.74) is 2.80. The van der Waals surface area contributed by atoms with Gasteiger partial charge in [0, 0.05) is 30.5 Å². The summed E-state index contributed by atoms with van der Waals surface area (Å²) in [6.45, 7) is 1.74. The molecular formula is C26H25N5O3. The number of nitrogens with zero attached hydrogens (tertiary/aromatic N) is 3. The van der Waals surface area contributed by atoms with Crippen LogP contribution in [0.2, 0.25) is 0 Å². The van der Waals surface area contributed by atoms with E-state index in [-0.39, 0.29) is 24.3 Å². The normalized spacial score (nSPS) is 15.4. The van der Waals surface area contributed by atoms with Crippen molar-refractivity contribution >= 4 is 40.6 Å². The van der Waals surface area contributed by atoms with Gasteiger partial charge in [-0.25, -0.2) is 4.98 Å². The van der Waals surface area contributed by atoms with Gasteiger partial charge in [0.1, 0.15) is 12.4 Å². The first-order chi connectivity index (χ1) is 16.6. The molecule has 8 nitrogen and oxygen atoms in total.